The lowest BCUT2D eigenvalue weighted by Crippen LogP contribution is -2.03. The van der Waals surface area contributed by atoms with Crippen molar-refractivity contribution >= 4 is 5.69 Å². The monoisotopic (exact) mass is 203 g/mol. The van der Waals surface area contributed by atoms with Crippen LogP contribution in [0.4, 0.5) is 10.1 Å². The summed E-state index contributed by atoms with van der Waals surface area (Å²) in [5.41, 5.74) is 3.61. The van der Waals surface area contributed by atoms with Crippen LogP contribution in [0.5, 0.6) is 5.75 Å². The molecule has 76 valence electrons. The van der Waals surface area contributed by atoms with Crippen LogP contribution in [0.25, 0.3) is 0 Å². The SMILES string of the molecule is Fc1ccc(ONc2ccccc2)cc1. The molecule has 0 spiro atoms. The fourth-order valence-electron chi connectivity index (χ4n) is 1.13. The quantitative estimate of drug-likeness (QED) is 0.773. The van der Waals surface area contributed by atoms with E-state index in [4.69, 9.17) is 4.84 Å². The van der Waals surface area contributed by atoms with Gasteiger partial charge >= 0.3 is 0 Å². The third-order valence-electron chi connectivity index (χ3n) is 1.87. The molecule has 2 rings (SSSR count). The fraction of sp³-hybridized carbons (Fsp3) is 0. The number of nitrogens with one attached hydrogen (secondary N) is 1. The molecule has 0 aliphatic heterocycles. The summed E-state index contributed by atoms with van der Waals surface area (Å²) in [5.74, 6) is 0.294. The predicted octanol–water partition coefficient (Wildman–Crippen LogP) is 3.23. The Morgan fingerprint density at radius 1 is 0.867 bits per heavy atom. The van der Waals surface area contributed by atoms with Gasteiger partial charge in [0.1, 0.15) is 5.82 Å². The van der Waals surface area contributed by atoms with Gasteiger partial charge in [-0.05, 0) is 36.4 Å². The standard InChI is InChI=1S/C12H10FNO/c13-10-6-8-12(9-7-10)15-14-11-4-2-1-3-5-11/h1-9,14H. The minimum Gasteiger partial charge on any atom is -0.382 e. The van der Waals surface area contributed by atoms with Crippen molar-refractivity contribution in [1.82, 2.24) is 0 Å². The Morgan fingerprint density at radius 2 is 1.53 bits per heavy atom. The lowest BCUT2D eigenvalue weighted by atomic mass is 10.3. The summed E-state index contributed by atoms with van der Waals surface area (Å²) in [6, 6.07) is 15.3. The summed E-state index contributed by atoms with van der Waals surface area (Å²) in [4.78, 5) is 5.23. The Hall–Kier alpha value is -2.03. The lowest BCUT2D eigenvalue weighted by Gasteiger charge is -2.07. The van der Waals surface area contributed by atoms with Crippen LogP contribution in [-0.2, 0) is 0 Å². The molecule has 0 bridgehead atoms. The second kappa shape index (κ2) is 4.46. The van der Waals surface area contributed by atoms with E-state index in [1.54, 1.807) is 12.1 Å². The predicted molar refractivity (Wildman–Crippen MR) is 57.1 cm³/mol. The maximum atomic E-state index is 12.6. The van der Waals surface area contributed by atoms with Gasteiger partial charge in [0.25, 0.3) is 0 Å². The second-order valence-corrected chi connectivity index (χ2v) is 3.02. The maximum absolute atomic E-state index is 12.6. The molecule has 0 radical (unpaired) electrons. The Balaban J connectivity index is 1.96. The van der Waals surface area contributed by atoms with E-state index in [0.717, 1.165) is 5.69 Å². The summed E-state index contributed by atoms with van der Waals surface area (Å²) >= 11 is 0. The van der Waals surface area contributed by atoms with E-state index >= 15 is 0 Å². The van der Waals surface area contributed by atoms with Gasteiger partial charge in [-0.15, -0.1) is 0 Å². The molecule has 0 amide bonds. The van der Waals surface area contributed by atoms with E-state index in [2.05, 4.69) is 5.48 Å². The van der Waals surface area contributed by atoms with Gasteiger partial charge in [0.05, 0.1) is 5.69 Å². The van der Waals surface area contributed by atoms with Gasteiger partial charge in [0.15, 0.2) is 5.75 Å². The molecular formula is C12H10FNO. The Bertz CT molecular complexity index is 413. The molecule has 2 aromatic rings. The summed E-state index contributed by atoms with van der Waals surface area (Å²) in [6.07, 6.45) is 0. The zero-order chi connectivity index (χ0) is 10.5. The van der Waals surface area contributed by atoms with E-state index in [1.165, 1.54) is 12.1 Å². The van der Waals surface area contributed by atoms with Crippen LogP contribution in [0.15, 0.2) is 54.6 Å². The molecular weight excluding hydrogens is 193 g/mol. The largest absolute Gasteiger partial charge is 0.382 e. The normalized spacial score (nSPS) is 9.67. The average molecular weight is 203 g/mol. The summed E-state index contributed by atoms with van der Waals surface area (Å²) in [6.45, 7) is 0. The first-order chi connectivity index (χ1) is 7.34. The zero-order valence-corrected chi connectivity index (χ0v) is 7.98. The van der Waals surface area contributed by atoms with E-state index in [1.807, 2.05) is 30.3 Å². The first-order valence-corrected chi connectivity index (χ1v) is 4.58. The second-order valence-electron chi connectivity index (χ2n) is 3.02. The molecule has 0 unspecified atom stereocenters. The number of halogens is 1. The van der Waals surface area contributed by atoms with Crippen LogP contribution in [0.1, 0.15) is 0 Å². The van der Waals surface area contributed by atoms with Crippen LogP contribution >= 0.6 is 0 Å². The number of rotatable bonds is 3. The van der Waals surface area contributed by atoms with Crippen LogP contribution in [0, 0.1) is 5.82 Å². The maximum Gasteiger partial charge on any atom is 0.155 e. The Kier molecular flexibility index (Phi) is 2.83. The van der Waals surface area contributed by atoms with Gasteiger partial charge in [-0.25, -0.2) is 9.87 Å². The molecule has 0 heterocycles. The van der Waals surface area contributed by atoms with Crippen molar-refractivity contribution in [3.05, 3.63) is 60.4 Å². The van der Waals surface area contributed by atoms with Gasteiger partial charge in [-0.3, -0.25) is 0 Å². The van der Waals surface area contributed by atoms with Crippen molar-refractivity contribution < 1.29 is 9.23 Å². The Morgan fingerprint density at radius 3 is 2.20 bits per heavy atom. The molecule has 3 heteroatoms. The molecule has 15 heavy (non-hydrogen) atoms. The Labute approximate surface area is 87.3 Å². The third kappa shape index (κ3) is 2.71. The van der Waals surface area contributed by atoms with Gasteiger partial charge in [0, 0.05) is 0 Å². The number of hydrogen-bond acceptors (Lipinski definition) is 2. The fourth-order valence-corrected chi connectivity index (χ4v) is 1.13. The number of benzene rings is 2. The molecule has 0 saturated carbocycles. The van der Waals surface area contributed by atoms with E-state index in [-0.39, 0.29) is 5.82 Å². The van der Waals surface area contributed by atoms with Crippen LogP contribution in [0.2, 0.25) is 0 Å². The van der Waals surface area contributed by atoms with Gasteiger partial charge in [0.2, 0.25) is 0 Å². The topological polar surface area (TPSA) is 21.3 Å². The molecule has 0 aliphatic carbocycles. The first-order valence-electron chi connectivity index (χ1n) is 4.58. The highest BCUT2D eigenvalue weighted by Crippen LogP contribution is 2.12. The summed E-state index contributed by atoms with van der Waals surface area (Å²) < 4.78 is 12.6. The van der Waals surface area contributed by atoms with Crippen molar-refractivity contribution in [2.75, 3.05) is 5.48 Å². The molecule has 2 nitrogen and oxygen atoms in total. The van der Waals surface area contributed by atoms with Crippen molar-refractivity contribution in [3.8, 4) is 5.75 Å². The molecule has 0 saturated heterocycles. The van der Waals surface area contributed by atoms with Gasteiger partial charge in [-0.2, -0.15) is 0 Å². The van der Waals surface area contributed by atoms with Crippen molar-refractivity contribution in [3.63, 3.8) is 0 Å². The summed E-state index contributed by atoms with van der Waals surface area (Å²) in [5, 5.41) is 0. The van der Waals surface area contributed by atoms with E-state index in [0.29, 0.717) is 5.75 Å². The lowest BCUT2D eigenvalue weighted by molar-refractivity contribution is 0.404. The molecule has 0 atom stereocenters. The minimum absolute atomic E-state index is 0.276. The van der Waals surface area contributed by atoms with Crippen LogP contribution in [-0.4, -0.2) is 0 Å². The minimum atomic E-state index is -0.276. The van der Waals surface area contributed by atoms with E-state index in [9.17, 15) is 4.39 Å². The average Bonchev–Trinajstić information content (AvgIpc) is 2.30. The van der Waals surface area contributed by atoms with Gasteiger partial charge in [-0.1, -0.05) is 18.2 Å². The molecule has 1 N–H and O–H groups in total. The van der Waals surface area contributed by atoms with E-state index < -0.39 is 0 Å². The smallest absolute Gasteiger partial charge is 0.155 e. The molecule has 0 fully saturated rings. The molecule has 0 aliphatic rings. The highest BCUT2D eigenvalue weighted by atomic mass is 19.1. The van der Waals surface area contributed by atoms with Crippen LogP contribution in [0.3, 0.4) is 0 Å². The van der Waals surface area contributed by atoms with Crippen LogP contribution < -0.4 is 10.3 Å². The van der Waals surface area contributed by atoms with Crippen molar-refractivity contribution in [2.24, 2.45) is 0 Å². The highest BCUT2D eigenvalue weighted by molar-refractivity contribution is 5.41. The number of hydrogen-bond donors (Lipinski definition) is 1. The third-order valence-corrected chi connectivity index (χ3v) is 1.87. The van der Waals surface area contributed by atoms with Crippen molar-refractivity contribution in [2.45, 2.75) is 0 Å². The zero-order valence-electron chi connectivity index (χ0n) is 7.98. The van der Waals surface area contributed by atoms with Gasteiger partial charge < -0.3 is 4.84 Å². The number of para-hydroxylation sites is 1. The first kappa shape index (κ1) is 9.52. The van der Waals surface area contributed by atoms with Crippen molar-refractivity contribution in [1.29, 1.82) is 0 Å². The summed E-state index contributed by atoms with van der Waals surface area (Å²) in [7, 11) is 0. The number of anilines is 1. The highest BCUT2D eigenvalue weighted by Gasteiger charge is 1.94. The molecule has 2 aromatic carbocycles. The molecule has 0 aromatic heterocycles.